The van der Waals surface area contributed by atoms with Crippen LogP contribution in [0.4, 0.5) is 39.5 Å². The highest BCUT2D eigenvalue weighted by Crippen LogP contribution is 2.58. The number of nitrogens with one attached hydrogen (secondary N) is 2. The van der Waals surface area contributed by atoms with Gasteiger partial charge in [0.2, 0.25) is 29.6 Å². The average molecular weight is 2020 g/mol. The van der Waals surface area contributed by atoms with Crippen LogP contribution < -0.4 is 10.6 Å². The van der Waals surface area contributed by atoms with Gasteiger partial charge >= 0.3 is 57.1 Å². The Morgan fingerprint density at radius 3 is 0.885 bits per heavy atom. The third kappa shape index (κ3) is 43.8. The summed E-state index contributed by atoms with van der Waals surface area (Å²) in [6.07, 6.45) is -20.9. The summed E-state index contributed by atoms with van der Waals surface area (Å²) in [5.74, 6) is -7.89. The molecule has 45 nitrogen and oxygen atoms in total. The number of alkyl halides is 9. The Morgan fingerprint density at radius 2 is 0.646 bits per heavy atom. The first-order valence-corrected chi connectivity index (χ1v) is 49.0. The molecule has 0 aliphatic carbocycles. The third-order valence-electron chi connectivity index (χ3n) is 19.1. The number of halogens is 9. The Labute approximate surface area is 753 Å². The van der Waals surface area contributed by atoms with E-state index in [-0.39, 0.29) is 52.2 Å². The summed E-state index contributed by atoms with van der Waals surface area (Å²) >= 11 is 0. The van der Waals surface area contributed by atoms with Crippen molar-refractivity contribution in [2.75, 3.05) is 163 Å². The molecule has 6 fully saturated rings. The number of amides is 2. The molecule has 6 rings (SSSR count). The van der Waals surface area contributed by atoms with E-state index >= 15 is 0 Å². The number of hydrogen-bond donors (Lipinski definition) is 16. The molecule has 4 unspecified atom stereocenters. The van der Waals surface area contributed by atoms with E-state index in [0.29, 0.717) is 39.0 Å². The van der Waals surface area contributed by atoms with E-state index in [9.17, 15) is 76.5 Å². The highest BCUT2D eigenvalue weighted by atomic mass is 31.2. The zero-order valence-electron chi connectivity index (χ0n) is 72.7. The van der Waals surface area contributed by atoms with Crippen LogP contribution in [0.25, 0.3) is 0 Å². The summed E-state index contributed by atoms with van der Waals surface area (Å²) in [4.78, 5) is 132. The number of aliphatic hydroxyl groups excluding tert-OH is 2. The normalized spacial score (nSPS) is 30.6. The van der Waals surface area contributed by atoms with Crippen molar-refractivity contribution in [1.29, 1.82) is 0 Å². The Bertz CT molecular complexity index is 3500. The first kappa shape index (κ1) is 127. The number of ether oxygens (including phenoxy) is 18. The van der Waals surface area contributed by atoms with Gasteiger partial charge in [-0.05, 0) is 48.0 Å². The zero-order valence-corrected chi connectivity index (χ0v) is 78.1. The lowest BCUT2D eigenvalue weighted by atomic mass is 9.92. The number of phosphoric ester groups is 1. The predicted molar refractivity (Wildman–Crippen MR) is 439 cm³/mol. The van der Waals surface area contributed by atoms with E-state index in [4.69, 9.17) is 201 Å². The van der Waals surface area contributed by atoms with Gasteiger partial charge in [-0.2, -0.15) is 17.6 Å². The summed E-state index contributed by atoms with van der Waals surface area (Å²) in [7, 11) is 18.7. The van der Waals surface area contributed by atoms with Gasteiger partial charge < -0.3 is 175 Å². The van der Waals surface area contributed by atoms with Crippen molar-refractivity contribution in [2.45, 2.75) is 233 Å². The smallest absolute Gasteiger partial charge is 0.396 e. The van der Waals surface area contributed by atoms with Crippen LogP contribution in [0.3, 0.4) is 0 Å². The minimum absolute atomic E-state index is 0.0123. The van der Waals surface area contributed by atoms with Crippen LogP contribution >= 0.6 is 45.8 Å². The number of carbonyl (C=O) groups is 2. The van der Waals surface area contributed by atoms with Crippen LogP contribution in [0.1, 0.15) is 51.9 Å². The van der Waals surface area contributed by atoms with Crippen molar-refractivity contribution in [3.05, 3.63) is 0 Å². The molecule has 130 heavy (non-hydrogen) atoms. The molecule has 0 aromatic carbocycles. The van der Waals surface area contributed by atoms with Gasteiger partial charge in [0.1, 0.15) is 153 Å². The second-order valence-electron chi connectivity index (χ2n) is 29.6. The van der Waals surface area contributed by atoms with Crippen molar-refractivity contribution < 1.29 is 235 Å². The molecule has 752 valence electrons. The average Bonchev–Trinajstić information content (AvgIpc) is 1.62. The molecule has 2 amide bonds. The molecule has 0 aromatic heterocycles. The fraction of sp³-hybridized carbons (Fsp3) is 0.969. The molecule has 6 aliphatic heterocycles. The number of likely N-dealkylation sites (N-methyl/N-ethyl adjacent to an activating group) is 2. The molecule has 0 aromatic rings. The number of rotatable bonds is 50. The minimum atomic E-state index is -5.67. The first-order valence-electron chi connectivity index (χ1n) is 39.2. The molecule has 66 heteroatoms. The predicted octanol–water partition coefficient (Wildman–Crippen LogP) is -2.85. The monoisotopic (exact) mass is 2020 g/mol. The summed E-state index contributed by atoms with van der Waals surface area (Å²) in [5, 5.41) is 22.7. The van der Waals surface area contributed by atoms with E-state index in [1.807, 2.05) is 38.0 Å². The number of phosphoric acid groups is 1. The van der Waals surface area contributed by atoms with E-state index in [2.05, 4.69) is 15.2 Å². The standard InChI is InChI=1S/C13H24BF2N2O7P.C13H25BFN2O7P.C10H19BFO7P.C10H20BO8P.C9H15BF3O6P.C9H16BF2O6P/c1-18(2)5-4-17-9(19)7-24-11-10(23-3)8(25-12(11)14)6-13(15,16)26(20,21)22;1-17(2)5-4-16-10(18)7-23-12-11(22-3)8(24-13(12)14)6-9(15)25(19,20)21;1-17-8-6(5-7(12)20(14,15)16)19-10(11)9(8)18-4-2-3-13;1-6(19-20(13,14)15)7-8(16-2)9(10(11)18-7)17-5-3-4-12;1-17-6-5(4-9(12,13)20(14,15)16)19-8(10)7(6)18-3-2-11;1-16-7-5(4-6(12)19(13,14)15)18-9(10)8(7)17-3-2-11/h8,10-12H,4-7H2,1-3H3,(H,17,19)(H2,20,21,22);8-9,11-13H,4-7H2,1-3H3,(H,16,18)(H2,19,20,21);6-10,13H,2-5H2,1H3,(H2,14,15,16);6-10,12H,3-5H2,1-2H3,(H2,13,14,15);5-8H,2-4H2,1H3,(H2,14,15,16);5-9H,2-4H2,1H3,(H2,13,14,15)/t8-,10-,11-,12-;8-,9?,11-,12-,13-;6-,7?,8-,9-,10-;6?,7-,8-,9-,10-;5-,6-,7-,8-;5-,6?,7-,8-,9-/m111111/s1. The largest absolute Gasteiger partial charge is 0.469 e. The highest BCUT2D eigenvalue weighted by molar-refractivity contribution is 7.53. The van der Waals surface area contributed by atoms with E-state index < -0.39 is 285 Å². The molecule has 0 saturated carbocycles. The molecular weight excluding hydrogens is 1900 g/mol. The van der Waals surface area contributed by atoms with Gasteiger partial charge in [-0.1, -0.05) is 0 Å². The SMILES string of the molecule is [B][C@@H]1O[C@H](C(C)OP(=O)(O)O)[C@@H](OC)[C@H]1OCCCO.[B][C@@H]1O[C@H](CC(F)(F)P(=O)(O)O)[C@@H](OC)[C@H]1OCC(=O)NCCN(C)C.[B][C@@H]1O[C@H](CC(F)(F)P(=O)(O)O)[C@@H](OC)[C@H]1OCCF.[B][C@@H]1O[C@H](CC(F)P(=O)(O)O)[C@@H](OC)[C@H]1OCC(=O)NCCN(C)C.[B][C@@H]1O[C@H](CC(F)P(=O)(O)O)[C@@H](OC)[C@H]1OCCCO.[B][C@@H]1O[C@H](CC(F)P(=O)(O)O)[C@@H](OC)[C@H]1OCCF. The zero-order chi connectivity index (χ0) is 100. The molecule has 0 bridgehead atoms. The maximum absolute atomic E-state index is 13.6. The summed E-state index contributed by atoms with van der Waals surface area (Å²) < 4.78 is 282. The topological polar surface area (TPSA) is 626 Å². The highest BCUT2D eigenvalue weighted by Gasteiger charge is 2.58. The van der Waals surface area contributed by atoms with Crippen LogP contribution in [0.15, 0.2) is 0 Å². The molecule has 0 spiro atoms. The fourth-order valence-electron chi connectivity index (χ4n) is 12.8. The van der Waals surface area contributed by atoms with Gasteiger partial charge in [-0.25, -0.2) is 26.5 Å². The number of carbonyl (C=O) groups excluding carboxylic acids is 2. The van der Waals surface area contributed by atoms with Gasteiger partial charge in [-0.3, -0.25) is 36.9 Å². The van der Waals surface area contributed by atoms with Crippen molar-refractivity contribution in [1.82, 2.24) is 20.4 Å². The molecule has 12 radical (unpaired) electrons. The third-order valence-corrected chi connectivity index (χ3v) is 24.6. The summed E-state index contributed by atoms with van der Waals surface area (Å²) in [6.45, 7) is 1.29. The van der Waals surface area contributed by atoms with E-state index in [1.54, 1.807) is 0 Å². The van der Waals surface area contributed by atoms with Crippen molar-refractivity contribution in [2.24, 2.45) is 0 Å². The van der Waals surface area contributed by atoms with Gasteiger partial charge in [0.15, 0.2) is 0 Å². The first-order chi connectivity index (χ1) is 60.0. The van der Waals surface area contributed by atoms with Crippen LogP contribution in [0.2, 0.25) is 0 Å². The summed E-state index contributed by atoms with van der Waals surface area (Å²) in [6, 6.07) is -5.99. The molecule has 6 heterocycles. The van der Waals surface area contributed by atoms with Crippen LogP contribution in [0, 0.1) is 0 Å². The maximum atomic E-state index is 13.6. The number of methoxy groups -OCH3 is 6. The Morgan fingerprint density at radius 1 is 0.400 bits per heavy atom. The fourth-order valence-corrected chi connectivity index (χ4v) is 15.6. The molecular formula is C64H119B6F9N4O41P6. The Hall–Kier alpha value is -1.32. The number of hydrogen-bond acceptors (Lipinski definition) is 31. The van der Waals surface area contributed by atoms with Crippen LogP contribution in [0.5, 0.6) is 0 Å². The van der Waals surface area contributed by atoms with E-state index in [0.717, 1.165) is 0 Å². The van der Waals surface area contributed by atoms with Crippen LogP contribution in [-0.2, 0) is 127 Å². The maximum Gasteiger partial charge on any atom is 0.469 e. The Kier molecular flexibility index (Phi) is 58.5. The second kappa shape index (κ2) is 60.1. The van der Waals surface area contributed by atoms with Crippen molar-refractivity contribution in [3.63, 3.8) is 0 Å². The minimum Gasteiger partial charge on any atom is -0.396 e. The van der Waals surface area contributed by atoms with Gasteiger partial charge in [-0.15, -0.1) is 0 Å². The summed E-state index contributed by atoms with van der Waals surface area (Å²) in [5.41, 5.74) is -8.57. The number of aliphatic hydroxyl groups is 2. The Balaban J connectivity index is 0.000000783. The van der Waals surface area contributed by atoms with Crippen LogP contribution in [-0.4, -0.2) is 482 Å². The molecule has 28 atom stereocenters. The van der Waals surface area contributed by atoms with Crippen molar-refractivity contribution in [3.8, 4) is 0 Å². The van der Waals surface area contributed by atoms with Gasteiger partial charge in [0, 0.05) is 151 Å². The lowest BCUT2D eigenvalue weighted by molar-refractivity contribution is -0.131. The van der Waals surface area contributed by atoms with Gasteiger partial charge in [0.25, 0.3) is 0 Å². The van der Waals surface area contributed by atoms with Crippen molar-refractivity contribution >= 4 is 105 Å². The molecule has 6 saturated heterocycles. The lowest BCUT2D eigenvalue weighted by Gasteiger charge is -2.26. The van der Waals surface area contributed by atoms with E-state index in [1.165, 1.54) is 49.6 Å². The van der Waals surface area contributed by atoms with Gasteiger partial charge in [0.05, 0.1) is 62.7 Å². The molecule has 16 N–H and O–H groups in total. The second-order valence-corrected chi connectivity index (χ2v) is 39.5. The molecule has 6 aliphatic rings. The lowest BCUT2D eigenvalue weighted by Crippen LogP contribution is -2.41. The quantitative estimate of drug-likeness (QED) is 0.0126. The number of nitrogens with zero attached hydrogens (tertiary/aromatic N) is 2.